The van der Waals surface area contributed by atoms with E-state index in [9.17, 15) is 22.8 Å². The summed E-state index contributed by atoms with van der Waals surface area (Å²) in [6, 6.07) is 6.44. The summed E-state index contributed by atoms with van der Waals surface area (Å²) in [5.74, 6) is 0.259. The fraction of sp³-hybridized carbons (Fsp3) is 0.594. The molecule has 3 aliphatic heterocycles. The van der Waals surface area contributed by atoms with Crippen molar-refractivity contribution >= 4 is 40.8 Å². The number of nitrogens with one attached hydrogen (secondary N) is 2. The molecular formula is C32H41Cl2F3N6O4. The van der Waals surface area contributed by atoms with Crippen molar-refractivity contribution in [3.8, 4) is 11.5 Å². The van der Waals surface area contributed by atoms with Crippen LogP contribution < -0.4 is 25.0 Å². The molecule has 0 spiro atoms. The predicted octanol–water partition coefficient (Wildman–Crippen LogP) is 4.78. The van der Waals surface area contributed by atoms with E-state index >= 15 is 0 Å². The Morgan fingerprint density at radius 1 is 1.00 bits per heavy atom. The number of alkyl halides is 3. The summed E-state index contributed by atoms with van der Waals surface area (Å²) in [6.07, 6.45) is -0.0222. The molecule has 2 bridgehead atoms. The molecule has 2 unspecified atom stereocenters. The number of hydrogen-bond donors (Lipinski definition) is 2. The molecule has 258 valence electrons. The highest BCUT2D eigenvalue weighted by molar-refractivity contribution is 6.36. The standard InChI is InChI=1S/C32H41Cl2F3N6O4/c1-31(2,47-27-17-26(24(33)16-25(27)34)46-13-12-42-10-8-41(3)9-11-42)30(45)40-21-14-22-5-6-23(15-21)43(22)28-7-4-20(18-38-28)29(44)39-19-32(35,36)37/h4,7,16-18,21-23H,5-6,8-15,19H2,1-3H3,(H,39,44)(H,40,45). The van der Waals surface area contributed by atoms with Gasteiger partial charge >= 0.3 is 6.18 Å². The number of piperazine rings is 1. The number of carbonyl (C=O) groups is 2. The number of aromatic nitrogens is 1. The number of pyridine rings is 1. The Labute approximate surface area is 282 Å². The second-order valence-corrected chi connectivity index (χ2v) is 13.8. The highest BCUT2D eigenvalue weighted by Gasteiger charge is 2.43. The summed E-state index contributed by atoms with van der Waals surface area (Å²) in [5.41, 5.74) is -1.20. The number of amides is 2. The van der Waals surface area contributed by atoms with Crippen molar-refractivity contribution in [1.82, 2.24) is 25.4 Å². The van der Waals surface area contributed by atoms with Gasteiger partial charge in [0.2, 0.25) is 0 Å². The maximum atomic E-state index is 13.5. The molecule has 2 aromatic rings. The predicted molar refractivity (Wildman–Crippen MR) is 174 cm³/mol. The van der Waals surface area contributed by atoms with E-state index < -0.39 is 24.2 Å². The molecule has 15 heteroatoms. The third-order valence-electron chi connectivity index (χ3n) is 8.95. The van der Waals surface area contributed by atoms with E-state index in [-0.39, 0.29) is 34.6 Å². The lowest BCUT2D eigenvalue weighted by Crippen LogP contribution is -2.55. The smallest absolute Gasteiger partial charge is 0.405 e. The van der Waals surface area contributed by atoms with Crippen LogP contribution in [-0.4, -0.2) is 109 Å². The largest absolute Gasteiger partial charge is 0.491 e. The lowest BCUT2D eigenvalue weighted by Gasteiger charge is -2.40. The van der Waals surface area contributed by atoms with Crippen LogP contribution in [0, 0.1) is 0 Å². The van der Waals surface area contributed by atoms with E-state index in [2.05, 4.69) is 32.0 Å². The van der Waals surface area contributed by atoms with Gasteiger partial charge in [-0.05, 0) is 64.8 Å². The second kappa shape index (κ2) is 14.6. The van der Waals surface area contributed by atoms with Gasteiger partial charge in [0.25, 0.3) is 11.8 Å². The van der Waals surface area contributed by atoms with E-state index in [4.69, 9.17) is 32.7 Å². The number of carbonyl (C=O) groups excluding carboxylic acids is 2. The average Bonchev–Trinajstić information content (AvgIpc) is 3.28. The van der Waals surface area contributed by atoms with Crippen LogP contribution in [0.1, 0.15) is 49.9 Å². The van der Waals surface area contributed by atoms with Gasteiger partial charge in [-0.25, -0.2) is 4.98 Å². The van der Waals surface area contributed by atoms with Crippen molar-refractivity contribution < 1.29 is 32.2 Å². The quantitative estimate of drug-likeness (QED) is 0.346. The van der Waals surface area contributed by atoms with Crippen molar-refractivity contribution in [3.05, 3.63) is 46.1 Å². The maximum absolute atomic E-state index is 13.5. The van der Waals surface area contributed by atoms with Crippen LogP contribution in [0.5, 0.6) is 11.5 Å². The molecule has 0 radical (unpaired) electrons. The Kier molecular flexibility index (Phi) is 11.0. The molecule has 1 aromatic heterocycles. The minimum atomic E-state index is -4.49. The summed E-state index contributed by atoms with van der Waals surface area (Å²) in [6.45, 7) is 7.17. The monoisotopic (exact) mass is 700 g/mol. The number of fused-ring (bicyclic) bond motifs is 2. The number of rotatable bonds is 11. The molecule has 3 aliphatic rings. The maximum Gasteiger partial charge on any atom is 0.405 e. The van der Waals surface area contributed by atoms with Gasteiger partial charge in [0.05, 0.1) is 15.6 Å². The van der Waals surface area contributed by atoms with Crippen molar-refractivity contribution in [1.29, 1.82) is 0 Å². The van der Waals surface area contributed by atoms with E-state index in [1.54, 1.807) is 32.0 Å². The van der Waals surface area contributed by atoms with Crippen molar-refractivity contribution in [3.63, 3.8) is 0 Å². The summed E-state index contributed by atoms with van der Waals surface area (Å²) >= 11 is 12.9. The number of anilines is 1. The normalized spacial score (nSPS) is 22.2. The number of hydrogen-bond acceptors (Lipinski definition) is 8. The number of ether oxygens (including phenoxy) is 2. The third kappa shape index (κ3) is 9.13. The number of likely N-dealkylation sites (N-methyl/N-ethyl adjacent to an activating group) is 1. The summed E-state index contributed by atoms with van der Waals surface area (Å²) in [4.78, 5) is 36.8. The first-order valence-corrected chi connectivity index (χ1v) is 16.6. The molecule has 47 heavy (non-hydrogen) atoms. The molecule has 0 aliphatic carbocycles. The Balaban J connectivity index is 1.14. The van der Waals surface area contributed by atoms with Gasteiger partial charge in [0.15, 0.2) is 5.60 Å². The molecule has 2 amide bonds. The van der Waals surface area contributed by atoms with Crippen LogP contribution in [0.2, 0.25) is 10.0 Å². The molecule has 0 saturated carbocycles. The van der Waals surface area contributed by atoms with Gasteiger partial charge in [0, 0.05) is 63.1 Å². The zero-order chi connectivity index (χ0) is 33.9. The second-order valence-electron chi connectivity index (χ2n) is 13.0. The molecule has 3 fully saturated rings. The summed E-state index contributed by atoms with van der Waals surface area (Å²) in [7, 11) is 2.11. The van der Waals surface area contributed by atoms with E-state index in [0.29, 0.717) is 41.8 Å². The van der Waals surface area contributed by atoms with Gasteiger partial charge in [-0.15, -0.1) is 0 Å². The molecule has 2 N–H and O–H groups in total. The van der Waals surface area contributed by atoms with Gasteiger partial charge in [-0.1, -0.05) is 23.2 Å². The Bertz CT molecular complexity index is 1410. The zero-order valence-corrected chi connectivity index (χ0v) is 28.2. The van der Waals surface area contributed by atoms with Gasteiger partial charge in [-0.2, -0.15) is 13.2 Å². The first-order valence-electron chi connectivity index (χ1n) is 15.8. The van der Waals surface area contributed by atoms with Gasteiger partial charge in [0.1, 0.15) is 30.5 Å². The Hall–Kier alpha value is -3.00. The first-order chi connectivity index (χ1) is 22.2. The topological polar surface area (TPSA) is 99.3 Å². The minimum absolute atomic E-state index is 0.0554. The number of piperidine rings is 1. The van der Waals surface area contributed by atoms with Crippen LogP contribution in [0.25, 0.3) is 0 Å². The number of halogens is 5. The Morgan fingerprint density at radius 2 is 1.66 bits per heavy atom. The molecule has 10 nitrogen and oxygen atoms in total. The molecule has 4 heterocycles. The molecule has 5 rings (SSSR count). The van der Waals surface area contributed by atoms with E-state index in [0.717, 1.165) is 45.6 Å². The molecule has 2 atom stereocenters. The van der Waals surface area contributed by atoms with Crippen molar-refractivity contribution in [2.24, 2.45) is 0 Å². The minimum Gasteiger partial charge on any atom is -0.491 e. The van der Waals surface area contributed by atoms with Crippen molar-refractivity contribution in [2.45, 2.75) is 69.4 Å². The van der Waals surface area contributed by atoms with Crippen LogP contribution >= 0.6 is 23.2 Å². The van der Waals surface area contributed by atoms with Crippen LogP contribution in [0.3, 0.4) is 0 Å². The van der Waals surface area contributed by atoms with E-state index in [1.165, 1.54) is 12.3 Å². The highest BCUT2D eigenvalue weighted by Crippen LogP contribution is 2.40. The Morgan fingerprint density at radius 3 is 2.28 bits per heavy atom. The van der Waals surface area contributed by atoms with Crippen LogP contribution in [0.4, 0.5) is 19.0 Å². The SMILES string of the molecule is CN1CCN(CCOc2cc(OC(C)(C)C(=O)NC3CC4CCC(C3)N4c3ccc(C(=O)NCC(F)(F)F)cn3)c(Cl)cc2Cl)CC1. The summed E-state index contributed by atoms with van der Waals surface area (Å²) < 4.78 is 49.5. The van der Waals surface area contributed by atoms with Gasteiger partial charge < -0.3 is 29.9 Å². The lowest BCUT2D eigenvalue weighted by atomic mass is 9.96. The molecule has 1 aromatic carbocycles. The first kappa shape index (κ1) is 35.3. The summed E-state index contributed by atoms with van der Waals surface area (Å²) in [5, 5.41) is 5.64. The average molecular weight is 702 g/mol. The fourth-order valence-corrected chi connectivity index (χ4v) is 6.84. The highest BCUT2D eigenvalue weighted by atomic mass is 35.5. The van der Waals surface area contributed by atoms with Crippen LogP contribution in [0.15, 0.2) is 30.5 Å². The van der Waals surface area contributed by atoms with Crippen molar-refractivity contribution in [2.75, 3.05) is 57.8 Å². The van der Waals surface area contributed by atoms with E-state index in [1.807, 2.05) is 5.32 Å². The lowest BCUT2D eigenvalue weighted by molar-refractivity contribution is -0.135. The zero-order valence-electron chi connectivity index (χ0n) is 26.7. The fourth-order valence-electron chi connectivity index (χ4n) is 6.36. The third-order valence-corrected chi connectivity index (χ3v) is 9.54. The van der Waals surface area contributed by atoms with Gasteiger partial charge in [-0.3, -0.25) is 14.5 Å². The molecular weight excluding hydrogens is 660 g/mol. The number of nitrogens with zero attached hydrogens (tertiary/aromatic N) is 4. The van der Waals surface area contributed by atoms with Crippen LogP contribution in [-0.2, 0) is 4.79 Å². The molecule has 3 saturated heterocycles. The number of benzene rings is 1.